The lowest BCUT2D eigenvalue weighted by atomic mass is 9.79. The van der Waals surface area contributed by atoms with E-state index in [0.717, 1.165) is 23.3 Å². The fourth-order valence-corrected chi connectivity index (χ4v) is 5.45. The van der Waals surface area contributed by atoms with Crippen LogP contribution in [0.4, 0.5) is 0 Å². The molecule has 1 amide bonds. The number of esters is 1. The fraction of sp³-hybridized carbons (Fsp3) is 0.652. The molecule has 0 spiro atoms. The quantitative estimate of drug-likeness (QED) is 0.318. The Hall–Kier alpha value is -2.13. The van der Waals surface area contributed by atoms with Crippen molar-refractivity contribution in [2.45, 2.75) is 88.3 Å². The monoisotopic (exact) mass is 466 g/mol. The minimum atomic E-state index is -1.15. The maximum atomic E-state index is 12.9. The topological polar surface area (TPSA) is 108 Å². The summed E-state index contributed by atoms with van der Waals surface area (Å²) in [5, 5.41) is 14.3. The summed E-state index contributed by atoms with van der Waals surface area (Å²) in [5.74, 6) is -1.57. The Bertz CT molecular complexity index is 783. The maximum absolute atomic E-state index is 12.9. The molecule has 5 atom stereocenters. The molecule has 1 fully saturated rings. The molecule has 1 aliphatic carbocycles. The van der Waals surface area contributed by atoms with Crippen molar-refractivity contribution in [1.29, 1.82) is 0 Å². The predicted molar refractivity (Wildman–Crippen MR) is 123 cm³/mol. The molecule has 1 aromatic carbocycles. The summed E-state index contributed by atoms with van der Waals surface area (Å²) in [6.45, 7) is 9.20. The lowest BCUT2D eigenvalue weighted by molar-refractivity contribution is -0.533. The Morgan fingerprint density at radius 1 is 1.22 bits per heavy atom. The second-order valence-electron chi connectivity index (χ2n) is 8.11. The number of benzene rings is 1. The Morgan fingerprint density at radius 2 is 1.84 bits per heavy atom. The van der Waals surface area contributed by atoms with Crippen LogP contribution in [-0.2, 0) is 19.1 Å². The second-order valence-corrected chi connectivity index (χ2v) is 9.36. The number of hydrogen-bond donors (Lipinski definition) is 1. The molecule has 8 nitrogen and oxygen atoms in total. The zero-order chi connectivity index (χ0) is 23.8. The number of aryl methyl sites for hydroxylation is 1. The van der Waals surface area contributed by atoms with Gasteiger partial charge in [0.2, 0.25) is 11.9 Å². The third kappa shape index (κ3) is 6.68. The third-order valence-corrected chi connectivity index (χ3v) is 7.18. The number of carbonyl (C=O) groups is 2. The molecule has 9 heteroatoms. The summed E-state index contributed by atoms with van der Waals surface area (Å²) >= 11 is 1.45. The Morgan fingerprint density at radius 3 is 2.34 bits per heavy atom. The molecule has 1 saturated carbocycles. The van der Waals surface area contributed by atoms with Crippen molar-refractivity contribution < 1.29 is 24.0 Å². The normalized spacial score (nSPS) is 25.4. The molecular weight excluding hydrogens is 432 g/mol. The molecule has 0 bridgehead atoms. The number of carbonyl (C=O) groups excluding carboxylic acids is 2. The molecular formula is C23H34N2O6S. The Kier molecular flexibility index (Phi) is 9.96. The Labute approximate surface area is 194 Å². The summed E-state index contributed by atoms with van der Waals surface area (Å²) in [6.07, 6.45) is 0.534. The summed E-state index contributed by atoms with van der Waals surface area (Å²) < 4.78 is 11.7. The number of ether oxygens (including phenoxy) is 2. The van der Waals surface area contributed by atoms with Crippen LogP contribution >= 0.6 is 11.8 Å². The highest BCUT2D eigenvalue weighted by Crippen LogP contribution is 2.41. The van der Waals surface area contributed by atoms with E-state index in [4.69, 9.17) is 9.47 Å². The van der Waals surface area contributed by atoms with Crippen LogP contribution < -0.4 is 5.32 Å². The average molecular weight is 467 g/mol. The van der Waals surface area contributed by atoms with Crippen LogP contribution in [-0.4, -0.2) is 52.9 Å². The van der Waals surface area contributed by atoms with E-state index >= 15 is 0 Å². The standard InChI is InChI=1S/C23H34N2O6S/c1-6-16(7-2)31-21-20(24-15(5)26)19(25(28)29)13-18(23(27)30-8-3)22(21)32-17-11-9-14(4)10-12-17/h9-12,16,18-22H,6-8,13H2,1-5H3,(H,24,26)/t18-,19+,20-,21+,22-/m1/s1. The van der Waals surface area contributed by atoms with Crippen LogP contribution in [0.5, 0.6) is 0 Å². The first-order valence-electron chi connectivity index (χ1n) is 11.2. The van der Waals surface area contributed by atoms with Crippen molar-refractivity contribution in [1.82, 2.24) is 5.32 Å². The minimum absolute atomic E-state index is 0.0247. The SMILES string of the molecule is CCOC(=O)[C@@H]1C[C@H]([N+](=O)[O-])[C@@H](NC(C)=O)[C@H](OC(CC)CC)[C@@H]1Sc1ccc(C)cc1. The molecule has 0 unspecified atom stereocenters. The first-order chi connectivity index (χ1) is 15.2. The second kappa shape index (κ2) is 12.2. The van der Waals surface area contributed by atoms with E-state index < -0.39 is 40.2 Å². The lowest BCUT2D eigenvalue weighted by Crippen LogP contribution is -2.64. The molecule has 1 aromatic rings. The highest BCUT2D eigenvalue weighted by molar-refractivity contribution is 8.00. The minimum Gasteiger partial charge on any atom is -0.466 e. The van der Waals surface area contributed by atoms with Crippen molar-refractivity contribution in [3.63, 3.8) is 0 Å². The van der Waals surface area contributed by atoms with Crippen LogP contribution in [0.1, 0.15) is 52.5 Å². The molecule has 0 aromatic heterocycles. The zero-order valence-corrected chi connectivity index (χ0v) is 20.2. The summed E-state index contributed by atoms with van der Waals surface area (Å²) in [6, 6.07) is 5.88. The van der Waals surface area contributed by atoms with Crippen LogP contribution in [0, 0.1) is 23.0 Å². The predicted octanol–water partition coefficient (Wildman–Crippen LogP) is 3.76. The van der Waals surface area contributed by atoms with Gasteiger partial charge in [-0.1, -0.05) is 31.5 Å². The van der Waals surface area contributed by atoms with E-state index in [0.29, 0.717) is 0 Å². The van der Waals surface area contributed by atoms with Gasteiger partial charge in [0.25, 0.3) is 0 Å². The van der Waals surface area contributed by atoms with Gasteiger partial charge in [0, 0.05) is 23.2 Å². The van der Waals surface area contributed by atoms with Gasteiger partial charge in [-0.15, -0.1) is 11.8 Å². The number of amides is 1. The smallest absolute Gasteiger partial charge is 0.310 e. The molecule has 0 saturated heterocycles. The van der Waals surface area contributed by atoms with Crippen molar-refractivity contribution in [3.8, 4) is 0 Å². The average Bonchev–Trinajstić information content (AvgIpc) is 2.74. The zero-order valence-electron chi connectivity index (χ0n) is 19.4. The molecule has 1 aliphatic rings. The van der Waals surface area contributed by atoms with E-state index in [1.165, 1.54) is 18.7 Å². The molecule has 32 heavy (non-hydrogen) atoms. The van der Waals surface area contributed by atoms with Gasteiger partial charge in [-0.25, -0.2) is 0 Å². The first-order valence-corrected chi connectivity index (χ1v) is 12.1. The highest BCUT2D eigenvalue weighted by atomic mass is 32.2. The number of rotatable bonds is 10. The van der Waals surface area contributed by atoms with Crippen LogP contribution in [0.15, 0.2) is 29.2 Å². The Balaban J connectivity index is 2.54. The van der Waals surface area contributed by atoms with E-state index in [9.17, 15) is 19.7 Å². The largest absolute Gasteiger partial charge is 0.466 e. The molecule has 0 heterocycles. The number of hydrogen-bond acceptors (Lipinski definition) is 7. The van der Waals surface area contributed by atoms with Gasteiger partial charge in [-0.2, -0.15) is 0 Å². The van der Waals surface area contributed by atoms with Crippen molar-refractivity contribution in [2.75, 3.05) is 6.61 Å². The summed E-state index contributed by atoms with van der Waals surface area (Å²) in [7, 11) is 0. The summed E-state index contributed by atoms with van der Waals surface area (Å²) in [5.41, 5.74) is 1.11. The first kappa shape index (κ1) is 26.1. The summed E-state index contributed by atoms with van der Waals surface area (Å²) in [4.78, 5) is 37.4. The van der Waals surface area contributed by atoms with Crippen molar-refractivity contribution in [2.24, 2.45) is 5.92 Å². The van der Waals surface area contributed by atoms with Gasteiger partial charge in [0.1, 0.15) is 6.04 Å². The van der Waals surface area contributed by atoms with E-state index in [-0.39, 0.29) is 25.0 Å². The van der Waals surface area contributed by atoms with Gasteiger partial charge in [-0.3, -0.25) is 19.7 Å². The van der Waals surface area contributed by atoms with Gasteiger partial charge >= 0.3 is 5.97 Å². The van der Waals surface area contributed by atoms with Crippen molar-refractivity contribution >= 4 is 23.6 Å². The third-order valence-electron chi connectivity index (χ3n) is 5.77. The van der Waals surface area contributed by atoms with Crippen LogP contribution in [0.25, 0.3) is 0 Å². The number of nitrogens with one attached hydrogen (secondary N) is 1. The number of nitro groups is 1. The van der Waals surface area contributed by atoms with E-state index in [1.54, 1.807) is 6.92 Å². The van der Waals surface area contributed by atoms with Crippen LogP contribution in [0.3, 0.4) is 0 Å². The van der Waals surface area contributed by atoms with Gasteiger partial charge in [-0.05, 0) is 38.8 Å². The molecule has 2 rings (SSSR count). The number of thioether (sulfide) groups is 1. The number of nitrogens with zero attached hydrogens (tertiary/aromatic N) is 1. The van der Waals surface area contributed by atoms with Crippen molar-refractivity contribution in [3.05, 3.63) is 39.9 Å². The van der Waals surface area contributed by atoms with Gasteiger partial charge < -0.3 is 14.8 Å². The van der Waals surface area contributed by atoms with Gasteiger partial charge in [0.15, 0.2) is 0 Å². The highest BCUT2D eigenvalue weighted by Gasteiger charge is 2.54. The molecule has 1 N–H and O–H groups in total. The molecule has 0 radical (unpaired) electrons. The van der Waals surface area contributed by atoms with Crippen LogP contribution in [0.2, 0.25) is 0 Å². The van der Waals surface area contributed by atoms with E-state index in [2.05, 4.69) is 5.32 Å². The fourth-order valence-electron chi connectivity index (χ4n) is 4.09. The molecule has 178 valence electrons. The molecule has 0 aliphatic heterocycles. The van der Waals surface area contributed by atoms with E-state index in [1.807, 2.05) is 45.0 Å². The lowest BCUT2D eigenvalue weighted by Gasteiger charge is -2.43. The maximum Gasteiger partial charge on any atom is 0.310 e. The van der Waals surface area contributed by atoms with Gasteiger partial charge in [0.05, 0.1) is 30.0 Å².